The van der Waals surface area contributed by atoms with E-state index >= 15 is 0 Å². The van der Waals surface area contributed by atoms with Gasteiger partial charge in [0.25, 0.3) is 0 Å². The zero-order valence-electron chi connectivity index (χ0n) is 11.5. The Morgan fingerprint density at radius 1 is 1.42 bits per heavy atom. The van der Waals surface area contributed by atoms with E-state index in [-0.39, 0.29) is 0 Å². The summed E-state index contributed by atoms with van der Waals surface area (Å²) in [5.41, 5.74) is 1.01. The fraction of sp³-hybridized carbons (Fsp3) is 0.600. The highest BCUT2D eigenvalue weighted by atomic mass is 35.5. The molecule has 0 saturated carbocycles. The number of rotatable bonds is 6. The molecule has 1 N–H and O–H groups in total. The zero-order chi connectivity index (χ0) is 13.5. The molecule has 1 aromatic rings. The van der Waals surface area contributed by atoms with E-state index in [1.165, 1.54) is 12.8 Å². The third-order valence-electron chi connectivity index (χ3n) is 3.57. The average molecular weight is 284 g/mol. The minimum absolute atomic E-state index is 0.559. The predicted molar refractivity (Wildman–Crippen MR) is 77.9 cm³/mol. The summed E-state index contributed by atoms with van der Waals surface area (Å²) in [4.78, 5) is 0. The Morgan fingerprint density at radius 2 is 2.32 bits per heavy atom. The number of nitrogens with one attached hydrogen (secondary N) is 1. The van der Waals surface area contributed by atoms with Crippen LogP contribution in [-0.2, 0) is 11.3 Å². The SMILES string of the molecule is COc1ccc(Cl)cc1COCCC1CCCNC1. The van der Waals surface area contributed by atoms with Crippen LogP contribution in [0.5, 0.6) is 5.75 Å². The summed E-state index contributed by atoms with van der Waals surface area (Å²) in [6.45, 7) is 3.65. The number of hydrogen-bond donors (Lipinski definition) is 1. The molecule has 1 fully saturated rings. The van der Waals surface area contributed by atoms with Crippen LogP contribution in [0, 0.1) is 5.92 Å². The van der Waals surface area contributed by atoms with Gasteiger partial charge in [-0.25, -0.2) is 0 Å². The summed E-state index contributed by atoms with van der Waals surface area (Å²) >= 11 is 5.99. The topological polar surface area (TPSA) is 30.5 Å². The van der Waals surface area contributed by atoms with Crippen molar-refractivity contribution in [1.29, 1.82) is 0 Å². The van der Waals surface area contributed by atoms with Crippen molar-refractivity contribution in [2.75, 3.05) is 26.8 Å². The highest BCUT2D eigenvalue weighted by Gasteiger charge is 2.12. The Bertz CT molecular complexity index is 392. The Balaban J connectivity index is 1.74. The molecule has 1 aliphatic heterocycles. The Hall–Kier alpha value is -0.770. The van der Waals surface area contributed by atoms with Crippen LogP contribution >= 0.6 is 11.6 Å². The van der Waals surface area contributed by atoms with Crippen molar-refractivity contribution in [3.05, 3.63) is 28.8 Å². The van der Waals surface area contributed by atoms with E-state index in [4.69, 9.17) is 21.1 Å². The molecule has 1 aromatic carbocycles. The van der Waals surface area contributed by atoms with E-state index in [9.17, 15) is 0 Å². The van der Waals surface area contributed by atoms with Crippen molar-refractivity contribution in [3.8, 4) is 5.75 Å². The Morgan fingerprint density at radius 3 is 3.05 bits per heavy atom. The van der Waals surface area contributed by atoms with Gasteiger partial charge in [0.15, 0.2) is 0 Å². The molecule has 1 aliphatic rings. The predicted octanol–water partition coefficient (Wildman–Crippen LogP) is 3.25. The number of halogens is 1. The number of methoxy groups -OCH3 is 1. The van der Waals surface area contributed by atoms with Gasteiger partial charge in [-0.05, 0) is 56.5 Å². The van der Waals surface area contributed by atoms with Gasteiger partial charge in [-0.2, -0.15) is 0 Å². The van der Waals surface area contributed by atoms with Gasteiger partial charge in [-0.15, -0.1) is 0 Å². The molecule has 106 valence electrons. The molecular weight excluding hydrogens is 262 g/mol. The van der Waals surface area contributed by atoms with E-state index in [0.29, 0.717) is 6.61 Å². The van der Waals surface area contributed by atoms with Crippen LogP contribution in [0.2, 0.25) is 5.02 Å². The van der Waals surface area contributed by atoms with Crippen LogP contribution < -0.4 is 10.1 Å². The van der Waals surface area contributed by atoms with Crippen LogP contribution in [0.3, 0.4) is 0 Å². The molecule has 0 radical (unpaired) electrons. The quantitative estimate of drug-likeness (QED) is 0.813. The summed E-state index contributed by atoms with van der Waals surface area (Å²) in [5.74, 6) is 1.60. The van der Waals surface area contributed by atoms with Crippen molar-refractivity contribution in [1.82, 2.24) is 5.32 Å². The maximum atomic E-state index is 5.99. The number of hydrogen-bond acceptors (Lipinski definition) is 3. The molecule has 0 aliphatic carbocycles. The fourth-order valence-electron chi connectivity index (χ4n) is 2.46. The molecule has 19 heavy (non-hydrogen) atoms. The zero-order valence-corrected chi connectivity index (χ0v) is 12.2. The molecule has 0 amide bonds. The van der Waals surface area contributed by atoms with Crippen molar-refractivity contribution in [2.24, 2.45) is 5.92 Å². The minimum Gasteiger partial charge on any atom is -0.496 e. The molecule has 0 spiro atoms. The summed E-state index contributed by atoms with van der Waals surface area (Å²) in [7, 11) is 1.67. The number of piperidine rings is 1. The van der Waals surface area contributed by atoms with Gasteiger partial charge in [0.2, 0.25) is 0 Å². The van der Waals surface area contributed by atoms with Gasteiger partial charge in [0.1, 0.15) is 5.75 Å². The second-order valence-electron chi connectivity index (χ2n) is 5.01. The Kier molecular flexibility index (Phi) is 5.95. The third-order valence-corrected chi connectivity index (χ3v) is 3.80. The molecular formula is C15H22ClNO2. The van der Waals surface area contributed by atoms with Crippen molar-refractivity contribution in [3.63, 3.8) is 0 Å². The first kappa shape index (κ1) is 14.6. The third kappa shape index (κ3) is 4.68. The number of benzene rings is 1. The second-order valence-corrected chi connectivity index (χ2v) is 5.45. The van der Waals surface area contributed by atoms with Gasteiger partial charge in [-0.1, -0.05) is 11.6 Å². The monoisotopic (exact) mass is 283 g/mol. The van der Waals surface area contributed by atoms with Gasteiger partial charge in [0, 0.05) is 17.2 Å². The minimum atomic E-state index is 0.559. The van der Waals surface area contributed by atoms with Gasteiger partial charge < -0.3 is 14.8 Å². The van der Waals surface area contributed by atoms with Crippen molar-refractivity contribution in [2.45, 2.75) is 25.9 Å². The molecule has 3 nitrogen and oxygen atoms in total. The molecule has 2 rings (SSSR count). The first-order valence-corrected chi connectivity index (χ1v) is 7.28. The standard InChI is InChI=1S/C15H22ClNO2/c1-18-15-5-4-14(16)9-13(15)11-19-8-6-12-3-2-7-17-10-12/h4-5,9,12,17H,2-3,6-8,10-11H2,1H3. The van der Waals surface area contributed by atoms with Gasteiger partial charge in [-0.3, -0.25) is 0 Å². The number of ether oxygens (including phenoxy) is 2. The van der Waals surface area contributed by atoms with Crippen LogP contribution in [0.25, 0.3) is 0 Å². The van der Waals surface area contributed by atoms with E-state index in [1.807, 2.05) is 18.2 Å². The summed E-state index contributed by atoms with van der Waals surface area (Å²) in [5, 5.41) is 4.14. The second kappa shape index (κ2) is 7.73. The van der Waals surface area contributed by atoms with E-state index < -0.39 is 0 Å². The lowest BCUT2D eigenvalue weighted by atomic mass is 9.97. The Labute approximate surface area is 120 Å². The first-order valence-electron chi connectivity index (χ1n) is 6.90. The maximum absolute atomic E-state index is 5.99. The van der Waals surface area contributed by atoms with E-state index in [0.717, 1.165) is 48.4 Å². The molecule has 0 bridgehead atoms. The molecule has 1 heterocycles. The van der Waals surface area contributed by atoms with Gasteiger partial charge in [0.05, 0.1) is 13.7 Å². The largest absolute Gasteiger partial charge is 0.496 e. The van der Waals surface area contributed by atoms with Crippen LogP contribution in [0.15, 0.2) is 18.2 Å². The van der Waals surface area contributed by atoms with E-state index in [2.05, 4.69) is 5.32 Å². The normalized spacial score (nSPS) is 19.4. The summed E-state index contributed by atoms with van der Waals surface area (Å²) < 4.78 is 11.1. The van der Waals surface area contributed by atoms with Crippen molar-refractivity contribution >= 4 is 11.6 Å². The fourth-order valence-corrected chi connectivity index (χ4v) is 2.66. The molecule has 1 atom stereocenters. The van der Waals surface area contributed by atoms with Crippen LogP contribution in [-0.4, -0.2) is 26.8 Å². The summed E-state index contributed by atoms with van der Waals surface area (Å²) in [6, 6.07) is 5.62. The first-order chi connectivity index (χ1) is 9.29. The smallest absolute Gasteiger partial charge is 0.124 e. The molecule has 0 aromatic heterocycles. The van der Waals surface area contributed by atoms with Gasteiger partial charge >= 0.3 is 0 Å². The molecule has 1 unspecified atom stereocenters. The highest BCUT2D eigenvalue weighted by molar-refractivity contribution is 6.30. The maximum Gasteiger partial charge on any atom is 0.124 e. The van der Waals surface area contributed by atoms with Crippen LogP contribution in [0.1, 0.15) is 24.8 Å². The van der Waals surface area contributed by atoms with Crippen LogP contribution in [0.4, 0.5) is 0 Å². The lowest BCUT2D eigenvalue weighted by Crippen LogP contribution is -2.30. The lowest BCUT2D eigenvalue weighted by molar-refractivity contribution is 0.102. The van der Waals surface area contributed by atoms with Crippen molar-refractivity contribution < 1.29 is 9.47 Å². The molecule has 1 saturated heterocycles. The lowest BCUT2D eigenvalue weighted by Gasteiger charge is -2.22. The van der Waals surface area contributed by atoms with E-state index in [1.54, 1.807) is 7.11 Å². The average Bonchev–Trinajstić information content (AvgIpc) is 2.45. The summed E-state index contributed by atoms with van der Waals surface area (Å²) in [6.07, 6.45) is 3.72. The highest BCUT2D eigenvalue weighted by Crippen LogP contribution is 2.23. The molecule has 4 heteroatoms.